The van der Waals surface area contributed by atoms with Gasteiger partial charge in [0, 0.05) is 26.2 Å². The number of carbonyl (C=O) groups is 4. The molecule has 0 unspecified atom stereocenters. The molecule has 0 aliphatic rings. The summed E-state index contributed by atoms with van der Waals surface area (Å²) in [6.45, 7) is 13.7. The van der Waals surface area contributed by atoms with Crippen LogP contribution in [0.25, 0.3) is 0 Å². The van der Waals surface area contributed by atoms with Gasteiger partial charge >= 0.3 is 24.1 Å². The average molecular weight is 505 g/mol. The third-order valence-electron chi connectivity index (χ3n) is 5.94. The van der Waals surface area contributed by atoms with Gasteiger partial charge < -0.3 is 28.7 Å². The summed E-state index contributed by atoms with van der Waals surface area (Å²) >= 11 is 0. The predicted octanol–water partition coefficient (Wildman–Crippen LogP) is 3.75. The molecule has 0 N–H and O–H groups in total. The summed E-state index contributed by atoms with van der Waals surface area (Å²) in [4.78, 5) is 50.2. The van der Waals surface area contributed by atoms with Crippen LogP contribution < -0.4 is 0 Å². The molecule has 0 radical (unpaired) electrons. The monoisotopic (exact) mass is 504 g/mol. The molecule has 0 aromatic heterocycles. The van der Waals surface area contributed by atoms with Crippen molar-refractivity contribution in [2.45, 2.75) is 38.8 Å². The molecule has 1 aromatic rings. The van der Waals surface area contributed by atoms with Crippen molar-refractivity contribution in [1.29, 1.82) is 0 Å². The first-order chi connectivity index (χ1) is 16.8. The number of carbonyl (C=O) groups excluding carboxylic acids is 4. The van der Waals surface area contributed by atoms with Gasteiger partial charge in [-0.1, -0.05) is 37.4 Å². The Bertz CT molecular complexity index is 897. The van der Waals surface area contributed by atoms with Gasteiger partial charge in [0.1, 0.15) is 26.4 Å². The fraction of sp³-hybridized carbons (Fsp3) is 0.462. The summed E-state index contributed by atoms with van der Waals surface area (Å²) in [5, 5.41) is 0. The molecule has 1 rings (SSSR count). The van der Waals surface area contributed by atoms with Crippen molar-refractivity contribution < 1.29 is 38.1 Å². The number of nitrogens with zero attached hydrogens (tertiary/aromatic N) is 2. The van der Waals surface area contributed by atoms with Gasteiger partial charge in [-0.05, 0) is 38.8 Å². The molecule has 0 fully saturated rings. The maximum absolute atomic E-state index is 12.6. The second kappa shape index (κ2) is 13.3. The van der Waals surface area contributed by atoms with Crippen molar-refractivity contribution in [3.63, 3.8) is 0 Å². The van der Waals surface area contributed by atoms with Crippen LogP contribution in [0.3, 0.4) is 0 Å². The van der Waals surface area contributed by atoms with Gasteiger partial charge in [0.25, 0.3) is 0 Å². The van der Waals surface area contributed by atoms with E-state index in [9.17, 15) is 19.2 Å². The van der Waals surface area contributed by atoms with E-state index >= 15 is 0 Å². The van der Waals surface area contributed by atoms with Crippen LogP contribution in [0, 0.1) is 0 Å². The van der Waals surface area contributed by atoms with E-state index in [1.54, 1.807) is 14.1 Å². The topological polar surface area (TPSA) is 112 Å². The SMILES string of the molecule is C=CC(=O)OCCOC(=O)N(C)C(C)(C)c1cccc(C(C)(C)N(C)C(=O)OCCOC(=O)C=C)c1. The number of benzene rings is 1. The highest BCUT2D eigenvalue weighted by molar-refractivity contribution is 5.81. The number of rotatable bonds is 12. The Morgan fingerprint density at radius 3 is 1.39 bits per heavy atom. The first-order valence-electron chi connectivity index (χ1n) is 11.3. The van der Waals surface area contributed by atoms with Gasteiger partial charge in [-0.3, -0.25) is 0 Å². The quantitative estimate of drug-likeness (QED) is 0.183. The highest BCUT2D eigenvalue weighted by atomic mass is 16.6. The Kier molecular flexibility index (Phi) is 11.2. The van der Waals surface area contributed by atoms with Crippen LogP contribution >= 0.6 is 0 Å². The van der Waals surface area contributed by atoms with Crippen molar-refractivity contribution in [3.05, 3.63) is 60.7 Å². The lowest BCUT2D eigenvalue weighted by Gasteiger charge is -2.38. The molecule has 10 heteroatoms. The Morgan fingerprint density at radius 1 is 0.722 bits per heavy atom. The van der Waals surface area contributed by atoms with E-state index in [1.165, 1.54) is 9.80 Å². The van der Waals surface area contributed by atoms with Crippen molar-refractivity contribution in [1.82, 2.24) is 9.80 Å². The van der Waals surface area contributed by atoms with Crippen LogP contribution in [-0.4, -0.2) is 74.4 Å². The van der Waals surface area contributed by atoms with Gasteiger partial charge in [0.15, 0.2) is 0 Å². The summed E-state index contributed by atoms with van der Waals surface area (Å²) in [7, 11) is 3.22. The minimum absolute atomic E-state index is 0.0757. The molecule has 2 amide bonds. The van der Waals surface area contributed by atoms with E-state index in [0.29, 0.717) is 0 Å². The second-order valence-corrected chi connectivity index (χ2v) is 8.79. The molecule has 36 heavy (non-hydrogen) atoms. The zero-order chi connectivity index (χ0) is 27.5. The second-order valence-electron chi connectivity index (χ2n) is 8.79. The summed E-state index contributed by atoms with van der Waals surface area (Å²) in [6.07, 6.45) is 0.891. The summed E-state index contributed by atoms with van der Waals surface area (Å²) < 4.78 is 20.0. The standard InChI is InChI=1S/C26H36N2O8/c1-9-21(29)33-14-16-35-23(31)27(7)25(3,4)19-12-11-13-20(18-19)26(5,6)28(8)24(32)36-17-15-34-22(30)10-2/h9-13,18H,1-2,14-17H2,3-8H3. The zero-order valence-corrected chi connectivity index (χ0v) is 21.9. The highest BCUT2D eigenvalue weighted by Crippen LogP contribution is 2.33. The van der Waals surface area contributed by atoms with Crippen LogP contribution in [0.2, 0.25) is 0 Å². The van der Waals surface area contributed by atoms with Crippen molar-refractivity contribution in [3.8, 4) is 0 Å². The molecule has 0 bridgehead atoms. The normalized spacial score (nSPS) is 11.1. The zero-order valence-electron chi connectivity index (χ0n) is 21.9. The van der Waals surface area contributed by atoms with Crippen LogP contribution in [0.15, 0.2) is 49.6 Å². The van der Waals surface area contributed by atoms with E-state index in [0.717, 1.165) is 23.3 Å². The van der Waals surface area contributed by atoms with Crippen LogP contribution in [0.4, 0.5) is 9.59 Å². The third kappa shape index (κ3) is 8.14. The van der Waals surface area contributed by atoms with E-state index < -0.39 is 35.2 Å². The highest BCUT2D eigenvalue weighted by Gasteiger charge is 2.34. The van der Waals surface area contributed by atoms with Crippen LogP contribution in [0.1, 0.15) is 38.8 Å². The molecule has 0 atom stereocenters. The third-order valence-corrected chi connectivity index (χ3v) is 5.94. The van der Waals surface area contributed by atoms with Gasteiger partial charge in [-0.2, -0.15) is 0 Å². The van der Waals surface area contributed by atoms with E-state index in [4.69, 9.17) is 18.9 Å². The molecular weight excluding hydrogens is 468 g/mol. The molecule has 0 heterocycles. The van der Waals surface area contributed by atoms with Crippen molar-refractivity contribution >= 4 is 24.1 Å². The molecule has 0 saturated carbocycles. The first-order valence-corrected chi connectivity index (χ1v) is 11.3. The number of hydrogen-bond acceptors (Lipinski definition) is 8. The van der Waals surface area contributed by atoms with Gasteiger partial charge in [-0.25, -0.2) is 19.2 Å². The Hall–Kier alpha value is -3.82. The lowest BCUT2D eigenvalue weighted by atomic mass is 9.86. The number of hydrogen-bond donors (Lipinski definition) is 0. The molecule has 1 aromatic carbocycles. The smallest absolute Gasteiger partial charge is 0.410 e. The summed E-state index contributed by atoms with van der Waals surface area (Å²) in [6, 6.07) is 7.50. The Labute approximate surface area is 212 Å². The minimum Gasteiger partial charge on any atom is -0.459 e. The fourth-order valence-corrected chi connectivity index (χ4v) is 2.98. The van der Waals surface area contributed by atoms with Crippen molar-refractivity contribution in [2.75, 3.05) is 40.5 Å². The maximum Gasteiger partial charge on any atom is 0.410 e. The lowest BCUT2D eigenvalue weighted by Crippen LogP contribution is -2.45. The minimum atomic E-state index is -0.769. The lowest BCUT2D eigenvalue weighted by molar-refractivity contribution is -0.139. The van der Waals surface area contributed by atoms with Gasteiger partial charge in [0.2, 0.25) is 0 Å². The van der Waals surface area contributed by atoms with Crippen LogP contribution in [0.5, 0.6) is 0 Å². The molecule has 10 nitrogen and oxygen atoms in total. The largest absolute Gasteiger partial charge is 0.459 e. The van der Waals surface area contributed by atoms with E-state index in [2.05, 4.69) is 13.2 Å². The molecule has 198 valence electrons. The van der Waals surface area contributed by atoms with E-state index in [1.807, 2.05) is 52.0 Å². The fourth-order valence-electron chi connectivity index (χ4n) is 2.98. The van der Waals surface area contributed by atoms with Gasteiger partial charge in [-0.15, -0.1) is 0 Å². The average Bonchev–Trinajstić information content (AvgIpc) is 2.87. The molecule has 0 saturated heterocycles. The number of ether oxygens (including phenoxy) is 4. The Balaban J connectivity index is 2.89. The summed E-state index contributed by atoms with van der Waals surface area (Å²) in [5.41, 5.74) is 0.0804. The van der Waals surface area contributed by atoms with E-state index in [-0.39, 0.29) is 26.4 Å². The molecular formula is C26H36N2O8. The molecule has 0 aliphatic heterocycles. The van der Waals surface area contributed by atoms with Crippen LogP contribution in [-0.2, 0) is 39.6 Å². The Morgan fingerprint density at radius 2 is 1.06 bits per heavy atom. The molecule has 0 aliphatic carbocycles. The number of esters is 2. The predicted molar refractivity (Wildman–Crippen MR) is 133 cm³/mol. The first kappa shape index (κ1) is 30.2. The molecule has 0 spiro atoms. The maximum atomic E-state index is 12.6. The number of amides is 2. The summed E-state index contributed by atoms with van der Waals surface area (Å²) in [5.74, 6) is -1.19. The van der Waals surface area contributed by atoms with Gasteiger partial charge in [0.05, 0.1) is 11.1 Å². The van der Waals surface area contributed by atoms with Crippen molar-refractivity contribution in [2.24, 2.45) is 0 Å².